The molecule has 0 unspecified atom stereocenters. The lowest BCUT2D eigenvalue weighted by Crippen LogP contribution is -2.06. The summed E-state index contributed by atoms with van der Waals surface area (Å²) < 4.78 is 1.79. The van der Waals surface area contributed by atoms with E-state index in [1.165, 1.54) is 0 Å². The molecule has 0 saturated carbocycles. The van der Waals surface area contributed by atoms with E-state index < -0.39 is 0 Å². The van der Waals surface area contributed by atoms with Gasteiger partial charge in [-0.25, -0.2) is 4.98 Å². The van der Waals surface area contributed by atoms with Crippen molar-refractivity contribution in [1.29, 1.82) is 5.26 Å². The molecule has 0 bridgehead atoms. The van der Waals surface area contributed by atoms with Crippen LogP contribution >= 0.6 is 0 Å². The number of nitrogens with zero attached hydrogens (tertiary/aromatic N) is 4. The highest BCUT2D eigenvalue weighted by atomic mass is 15.3. The molecule has 2 aromatic carbocycles. The van der Waals surface area contributed by atoms with E-state index in [9.17, 15) is 0 Å². The monoisotopic (exact) mass is 325 g/mol. The van der Waals surface area contributed by atoms with Crippen LogP contribution in [0.25, 0.3) is 16.9 Å². The molecule has 1 N–H and O–H groups in total. The first kappa shape index (κ1) is 14.9. The summed E-state index contributed by atoms with van der Waals surface area (Å²) in [5, 5.41) is 16.6. The molecule has 0 aliphatic heterocycles. The highest BCUT2D eigenvalue weighted by molar-refractivity contribution is 5.66. The summed E-state index contributed by atoms with van der Waals surface area (Å²) in [6.07, 6.45) is 1.74. The van der Waals surface area contributed by atoms with E-state index in [-0.39, 0.29) is 0 Å². The Labute approximate surface area is 145 Å². The van der Waals surface area contributed by atoms with E-state index in [1.807, 2.05) is 66.7 Å². The van der Waals surface area contributed by atoms with Gasteiger partial charge in [-0.15, -0.1) is 0 Å². The third-order valence-electron chi connectivity index (χ3n) is 3.99. The van der Waals surface area contributed by atoms with Gasteiger partial charge >= 0.3 is 0 Å². The van der Waals surface area contributed by atoms with Gasteiger partial charge in [0.15, 0.2) is 5.65 Å². The van der Waals surface area contributed by atoms with Gasteiger partial charge in [0.2, 0.25) is 0 Å². The van der Waals surface area contributed by atoms with Gasteiger partial charge in [0.1, 0.15) is 5.82 Å². The van der Waals surface area contributed by atoms with E-state index >= 15 is 0 Å². The molecule has 5 nitrogen and oxygen atoms in total. The lowest BCUT2D eigenvalue weighted by Gasteiger charge is -2.11. The van der Waals surface area contributed by atoms with E-state index in [1.54, 1.807) is 10.7 Å². The van der Waals surface area contributed by atoms with Crippen molar-refractivity contribution < 1.29 is 0 Å². The largest absolute Gasteiger partial charge is 0.366 e. The summed E-state index contributed by atoms with van der Waals surface area (Å²) >= 11 is 0. The molecular formula is C20H15N5. The molecule has 2 aromatic heterocycles. The summed E-state index contributed by atoms with van der Waals surface area (Å²) in [6, 6.07) is 23.6. The first-order chi connectivity index (χ1) is 12.3. The molecule has 0 radical (unpaired) electrons. The molecule has 25 heavy (non-hydrogen) atoms. The number of fused-ring (bicyclic) bond motifs is 1. The molecule has 0 atom stereocenters. The van der Waals surface area contributed by atoms with Crippen molar-refractivity contribution in [1.82, 2.24) is 14.6 Å². The molecule has 120 valence electrons. The van der Waals surface area contributed by atoms with Crippen molar-refractivity contribution in [2.45, 2.75) is 6.54 Å². The molecular weight excluding hydrogens is 310 g/mol. The SMILES string of the molecule is N#Cc1ccc(CNc2cc(-c3ccccc3)nc3ccnn23)cc1. The van der Waals surface area contributed by atoms with Gasteiger partial charge in [0.25, 0.3) is 0 Å². The molecule has 0 aliphatic rings. The van der Waals surface area contributed by atoms with Gasteiger partial charge in [-0.2, -0.15) is 14.9 Å². The molecule has 4 aromatic rings. The molecule has 0 saturated heterocycles. The van der Waals surface area contributed by atoms with E-state index in [2.05, 4.69) is 21.5 Å². The Balaban J connectivity index is 1.66. The van der Waals surface area contributed by atoms with Gasteiger partial charge in [0.05, 0.1) is 23.5 Å². The minimum absolute atomic E-state index is 0.638. The minimum atomic E-state index is 0.638. The van der Waals surface area contributed by atoms with Crippen LogP contribution in [0, 0.1) is 11.3 Å². The lowest BCUT2D eigenvalue weighted by molar-refractivity contribution is 0.927. The summed E-state index contributed by atoms with van der Waals surface area (Å²) in [5.41, 5.74) is 4.51. The number of hydrogen-bond donors (Lipinski definition) is 1. The zero-order valence-electron chi connectivity index (χ0n) is 13.4. The number of benzene rings is 2. The predicted octanol–water partition coefficient (Wildman–Crippen LogP) is 3.88. The number of anilines is 1. The van der Waals surface area contributed by atoms with Crippen molar-refractivity contribution in [2.24, 2.45) is 0 Å². The van der Waals surface area contributed by atoms with Gasteiger partial charge in [0, 0.05) is 24.2 Å². The zero-order valence-corrected chi connectivity index (χ0v) is 13.4. The molecule has 2 heterocycles. The van der Waals surface area contributed by atoms with Gasteiger partial charge < -0.3 is 5.32 Å². The van der Waals surface area contributed by atoms with Crippen LogP contribution in [0.2, 0.25) is 0 Å². The normalized spacial score (nSPS) is 10.5. The topological polar surface area (TPSA) is 66.0 Å². The molecule has 4 rings (SSSR count). The Morgan fingerprint density at radius 2 is 1.80 bits per heavy atom. The highest BCUT2D eigenvalue weighted by Crippen LogP contribution is 2.22. The Morgan fingerprint density at radius 1 is 1.00 bits per heavy atom. The van der Waals surface area contributed by atoms with Gasteiger partial charge in [-0.1, -0.05) is 42.5 Å². The Morgan fingerprint density at radius 3 is 2.56 bits per heavy atom. The van der Waals surface area contributed by atoms with Crippen LogP contribution in [0.15, 0.2) is 72.9 Å². The van der Waals surface area contributed by atoms with Crippen LogP contribution in [0.1, 0.15) is 11.1 Å². The van der Waals surface area contributed by atoms with E-state index in [0.29, 0.717) is 12.1 Å². The van der Waals surface area contributed by atoms with Gasteiger partial charge in [-0.3, -0.25) is 0 Å². The van der Waals surface area contributed by atoms with Crippen LogP contribution in [-0.4, -0.2) is 14.6 Å². The number of rotatable bonds is 4. The molecule has 0 spiro atoms. The van der Waals surface area contributed by atoms with Crippen molar-refractivity contribution >= 4 is 11.5 Å². The Bertz CT molecular complexity index is 1040. The second kappa shape index (κ2) is 6.46. The maximum Gasteiger partial charge on any atom is 0.157 e. The summed E-state index contributed by atoms with van der Waals surface area (Å²) in [4.78, 5) is 4.67. The number of hydrogen-bond acceptors (Lipinski definition) is 4. The first-order valence-electron chi connectivity index (χ1n) is 7.96. The summed E-state index contributed by atoms with van der Waals surface area (Å²) in [5.74, 6) is 0.873. The first-order valence-corrected chi connectivity index (χ1v) is 7.96. The van der Waals surface area contributed by atoms with Gasteiger partial charge in [-0.05, 0) is 17.7 Å². The highest BCUT2D eigenvalue weighted by Gasteiger charge is 2.08. The maximum absolute atomic E-state index is 8.89. The third-order valence-corrected chi connectivity index (χ3v) is 3.99. The summed E-state index contributed by atoms with van der Waals surface area (Å²) in [7, 11) is 0. The van der Waals surface area contributed by atoms with Crippen LogP contribution < -0.4 is 5.32 Å². The number of nitriles is 1. The second-order valence-corrected chi connectivity index (χ2v) is 5.66. The molecule has 0 aliphatic carbocycles. The fourth-order valence-electron chi connectivity index (χ4n) is 2.69. The average molecular weight is 325 g/mol. The van der Waals surface area contributed by atoms with Crippen LogP contribution in [-0.2, 0) is 6.54 Å². The average Bonchev–Trinajstić information content (AvgIpc) is 3.16. The second-order valence-electron chi connectivity index (χ2n) is 5.66. The minimum Gasteiger partial charge on any atom is -0.366 e. The zero-order chi connectivity index (χ0) is 17.1. The Kier molecular flexibility index (Phi) is 3.85. The number of nitrogens with one attached hydrogen (secondary N) is 1. The third kappa shape index (κ3) is 3.06. The quantitative estimate of drug-likeness (QED) is 0.618. The van der Waals surface area contributed by atoms with E-state index in [0.717, 1.165) is 28.3 Å². The molecule has 0 amide bonds. The fourth-order valence-corrected chi connectivity index (χ4v) is 2.69. The van der Waals surface area contributed by atoms with Crippen molar-refractivity contribution in [3.63, 3.8) is 0 Å². The molecule has 0 fully saturated rings. The van der Waals surface area contributed by atoms with Crippen LogP contribution in [0.3, 0.4) is 0 Å². The van der Waals surface area contributed by atoms with Crippen LogP contribution in [0.4, 0.5) is 5.82 Å². The molecule has 5 heteroatoms. The van der Waals surface area contributed by atoms with Crippen molar-refractivity contribution in [3.8, 4) is 17.3 Å². The fraction of sp³-hybridized carbons (Fsp3) is 0.0500. The standard InChI is InChI=1S/C20H15N5/c21-13-15-6-8-16(9-7-15)14-22-20-12-18(17-4-2-1-3-5-17)24-19-10-11-23-25(19)20/h1-12,22H,14H2. The van der Waals surface area contributed by atoms with Crippen molar-refractivity contribution in [2.75, 3.05) is 5.32 Å². The van der Waals surface area contributed by atoms with Crippen LogP contribution in [0.5, 0.6) is 0 Å². The lowest BCUT2D eigenvalue weighted by atomic mass is 10.1. The number of aromatic nitrogens is 3. The van der Waals surface area contributed by atoms with Crippen molar-refractivity contribution in [3.05, 3.63) is 84.1 Å². The summed E-state index contributed by atoms with van der Waals surface area (Å²) in [6.45, 7) is 0.638. The predicted molar refractivity (Wildman–Crippen MR) is 96.9 cm³/mol. The smallest absolute Gasteiger partial charge is 0.157 e. The van der Waals surface area contributed by atoms with E-state index in [4.69, 9.17) is 5.26 Å². The Hall–Kier alpha value is -3.65. The maximum atomic E-state index is 8.89.